The largest absolute Gasteiger partial charge is 0.450 e. The molecule has 21 heavy (non-hydrogen) atoms. The molecule has 0 amide bonds. The molecule has 0 bridgehead atoms. The Kier molecular flexibility index (Phi) is 4.54. The van der Waals surface area contributed by atoms with Crippen molar-refractivity contribution < 1.29 is 19.2 Å². The molecule has 7 heteroatoms. The maximum Gasteiger partial charge on any atom is 0.312 e. The first-order valence-corrected chi connectivity index (χ1v) is 6.77. The highest BCUT2D eigenvalue weighted by molar-refractivity contribution is 9.10. The molecule has 110 valence electrons. The van der Waals surface area contributed by atoms with Gasteiger partial charge in [0.15, 0.2) is 0 Å². The lowest BCUT2D eigenvalue weighted by molar-refractivity contribution is -0.385. The van der Waals surface area contributed by atoms with E-state index in [9.17, 15) is 19.6 Å². The number of ether oxygens (including phenoxy) is 1. The zero-order chi connectivity index (χ0) is 15.6. The summed E-state index contributed by atoms with van der Waals surface area (Å²) in [5.74, 6) is -0.536. The van der Waals surface area contributed by atoms with Crippen molar-refractivity contribution in [3.05, 3.63) is 62.4 Å². The van der Waals surface area contributed by atoms with Crippen LogP contribution in [0.25, 0.3) is 0 Å². The lowest BCUT2D eigenvalue weighted by atomic mass is 10.1. The van der Waals surface area contributed by atoms with E-state index in [-0.39, 0.29) is 15.9 Å². The Balaban J connectivity index is 2.34. The minimum Gasteiger partial charge on any atom is -0.450 e. The second-order valence-corrected chi connectivity index (χ2v) is 5.19. The summed E-state index contributed by atoms with van der Waals surface area (Å²) in [5, 5.41) is 20.4. The van der Waals surface area contributed by atoms with Crippen LogP contribution >= 0.6 is 15.9 Å². The Bertz CT molecular complexity index is 673. The van der Waals surface area contributed by atoms with Crippen LogP contribution in [0.5, 0.6) is 11.5 Å². The van der Waals surface area contributed by atoms with Crippen LogP contribution in [0, 0.1) is 15.9 Å². The van der Waals surface area contributed by atoms with Gasteiger partial charge in [0.05, 0.1) is 15.5 Å². The van der Waals surface area contributed by atoms with Crippen molar-refractivity contribution in [2.75, 3.05) is 0 Å². The molecule has 0 aliphatic carbocycles. The van der Waals surface area contributed by atoms with Gasteiger partial charge in [0, 0.05) is 12.1 Å². The number of nitro benzene ring substituents is 1. The van der Waals surface area contributed by atoms with Crippen LogP contribution in [0.1, 0.15) is 18.6 Å². The molecule has 0 aromatic heterocycles. The van der Waals surface area contributed by atoms with Crippen molar-refractivity contribution in [3.8, 4) is 11.5 Å². The van der Waals surface area contributed by atoms with E-state index in [1.165, 1.54) is 0 Å². The first-order chi connectivity index (χ1) is 9.88. The van der Waals surface area contributed by atoms with E-state index in [2.05, 4.69) is 15.9 Å². The Hall–Kier alpha value is -1.99. The van der Waals surface area contributed by atoms with Crippen molar-refractivity contribution in [3.63, 3.8) is 0 Å². The van der Waals surface area contributed by atoms with E-state index in [4.69, 9.17) is 4.74 Å². The number of hydrogen-bond donors (Lipinski definition) is 1. The summed E-state index contributed by atoms with van der Waals surface area (Å²) in [6.07, 6.45) is -0.626. The highest BCUT2D eigenvalue weighted by Crippen LogP contribution is 2.35. The summed E-state index contributed by atoms with van der Waals surface area (Å²) in [6, 6.07) is 8.35. The van der Waals surface area contributed by atoms with Gasteiger partial charge in [-0.25, -0.2) is 4.39 Å². The van der Waals surface area contributed by atoms with E-state index in [0.29, 0.717) is 11.3 Å². The van der Waals surface area contributed by atoms with Crippen molar-refractivity contribution >= 4 is 21.6 Å². The SMILES string of the molecule is CC(O)c1ccc(Oc2cc(F)c(Br)cc2[N+](=O)[O-])cc1. The summed E-state index contributed by atoms with van der Waals surface area (Å²) in [6.45, 7) is 1.62. The van der Waals surface area contributed by atoms with Gasteiger partial charge in [0.1, 0.15) is 11.6 Å². The number of nitro groups is 1. The zero-order valence-electron chi connectivity index (χ0n) is 10.9. The molecular weight excluding hydrogens is 345 g/mol. The Morgan fingerprint density at radius 3 is 2.48 bits per heavy atom. The second kappa shape index (κ2) is 6.19. The predicted octanol–water partition coefficient (Wildman–Crippen LogP) is 4.34. The molecule has 0 heterocycles. The highest BCUT2D eigenvalue weighted by Gasteiger charge is 2.19. The normalized spacial score (nSPS) is 12.0. The molecule has 1 N–H and O–H groups in total. The molecular formula is C14H11BrFNO4. The number of nitrogens with zero attached hydrogens (tertiary/aromatic N) is 1. The molecule has 0 saturated carbocycles. The molecule has 2 aromatic carbocycles. The predicted molar refractivity (Wildman–Crippen MR) is 77.9 cm³/mol. The zero-order valence-corrected chi connectivity index (χ0v) is 12.5. The van der Waals surface area contributed by atoms with Gasteiger partial charge in [-0.3, -0.25) is 10.1 Å². The Morgan fingerprint density at radius 2 is 1.95 bits per heavy atom. The third-order valence-corrected chi connectivity index (χ3v) is 3.40. The molecule has 0 radical (unpaired) electrons. The maximum atomic E-state index is 13.5. The number of benzene rings is 2. The summed E-state index contributed by atoms with van der Waals surface area (Å²) in [7, 11) is 0. The van der Waals surface area contributed by atoms with E-state index in [1.54, 1.807) is 31.2 Å². The minimum atomic E-state index is -0.656. The molecule has 0 fully saturated rings. The quantitative estimate of drug-likeness (QED) is 0.653. The number of aliphatic hydroxyl groups excluding tert-OH is 1. The van der Waals surface area contributed by atoms with Crippen LogP contribution in [-0.2, 0) is 0 Å². The van der Waals surface area contributed by atoms with E-state index < -0.39 is 16.8 Å². The fourth-order valence-corrected chi connectivity index (χ4v) is 2.02. The standard InChI is InChI=1S/C14H11BrFNO4/c1-8(18)9-2-4-10(5-3-9)21-14-7-12(16)11(15)6-13(14)17(19)20/h2-8,18H,1H3. The first-order valence-electron chi connectivity index (χ1n) is 5.98. The number of aliphatic hydroxyl groups is 1. The molecule has 1 unspecified atom stereocenters. The van der Waals surface area contributed by atoms with Gasteiger partial charge >= 0.3 is 5.69 Å². The van der Waals surface area contributed by atoms with Crippen LogP contribution in [0.15, 0.2) is 40.9 Å². The fraction of sp³-hybridized carbons (Fsp3) is 0.143. The number of rotatable bonds is 4. The van der Waals surface area contributed by atoms with Gasteiger partial charge in [-0.15, -0.1) is 0 Å². The summed E-state index contributed by atoms with van der Waals surface area (Å²) in [4.78, 5) is 10.3. The highest BCUT2D eigenvalue weighted by atomic mass is 79.9. The average Bonchev–Trinajstić information content (AvgIpc) is 2.43. The summed E-state index contributed by atoms with van der Waals surface area (Å²) < 4.78 is 18.9. The summed E-state index contributed by atoms with van der Waals surface area (Å²) >= 11 is 2.90. The number of halogens is 2. The molecule has 2 rings (SSSR count). The fourth-order valence-electron chi connectivity index (χ4n) is 1.68. The van der Waals surface area contributed by atoms with Crippen LogP contribution in [0.4, 0.5) is 10.1 Å². The van der Waals surface area contributed by atoms with Gasteiger partial charge in [0.25, 0.3) is 0 Å². The van der Waals surface area contributed by atoms with Crippen LogP contribution in [0.3, 0.4) is 0 Å². The van der Waals surface area contributed by atoms with Gasteiger partial charge < -0.3 is 9.84 Å². The second-order valence-electron chi connectivity index (χ2n) is 4.34. The summed E-state index contributed by atoms with van der Waals surface area (Å²) in [5.41, 5.74) is 0.335. The molecule has 0 spiro atoms. The minimum absolute atomic E-state index is 0.00833. The van der Waals surface area contributed by atoms with E-state index in [1.807, 2.05) is 0 Å². The lowest BCUT2D eigenvalue weighted by Crippen LogP contribution is -1.96. The van der Waals surface area contributed by atoms with Crippen molar-refractivity contribution in [2.45, 2.75) is 13.0 Å². The molecule has 5 nitrogen and oxygen atoms in total. The van der Waals surface area contributed by atoms with Gasteiger partial charge in [-0.2, -0.15) is 0 Å². The Labute approximate surface area is 128 Å². The average molecular weight is 356 g/mol. The third kappa shape index (κ3) is 3.56. The third-order valence-electron chi connectivity index (χ3n) is 2.79. The molecule has 0 aliphatic heterocycles. The van der Waals surface area contributed by atoms with E-state index in [0.717, 1.165) is 12.1 Å². The number of hydrogen-bond acceptors (Lipinski definition) is 4. The van der Waals surface area contributed by atoms with Gasteiger partial charge in [-0.05, 0) is 40.5 Å². The van der Waals surface area contributed by atoms with Gasteiger partial charge in [-0.1, -0.05) is 12.1 Å². The molecule has 2 aromatic rings. The lowest BCUT2D eigenvalue weighted by Gasteiger charge is -2.09. The van der Waals surface area contributed by atoms with Crippen LogP contribution < -0.4 is 4.74 Å². The first kappa shape index (κ1) is 15.4. The van der Waals surface area contributed by atoms with Gasteiger partial charge in [0.2, 0.25) is 5.75 Å². The van der Waals surface area contributed by atoms with Crippen LogP contribution in [-0.4, -0.2) is 10.0 Å². The smallest absolute Gasteiger partial charge is 0.312 e. The Morgan fingerprint density at radius 1 is 1.33 bits per heavy atom. The van der Waals surface area contributed by atoms with Crippen LogP contribution in [0.2, 0.25) is 0 Å². The van der Waals surface area contributed by atoms with E-state index >= 15 is 0 Å². The molecule has 0 saturated heterocycles. The van der Waals surface area contributed by atoms with Crippen molar-refractivity contribution in [2.24, 2.45) is 0 Å². The topological polar surface area (TPSA) is 72.6 Å². The monoisotopic (exact) mass is 355 g/mol. The molecule has 1 atom stereocenters. The maximum absolute atomic E-state index is 13.5. The van der Waals surface area contributed by atoms with Crippen molar-refractivity contribution in [1.82, 2.24) is 0 Å². The molecule has 0 aliphatic rings. The van der Waals surface area contributed by atoms with Crippen molar-refractivity contribution in [1.29, 1.82) is 0 Å².